The largest absolute Gasteiger partial charge is 0.481 e. The van der Waals surface area contributed by atoms with E-state index in [1.165, 1.54) is 6.26 Å². The molecule has 1 aliphatic heterocycles. The van der Waals surface area contributed by atoms with Gasteiger partial charge in [-0.1, -0.05) is 6.92 Å². The Hall–Kier alpha value is -1.43. The number of carboxylic acid groups (broad SMARTS) is 1. The Morgan fingerprint density at radius 2 is 2.35 bits per heavy atom. The maximum atomic E-state index is 12.6. The average molecular weight is 297 g/mol. The van der Waals surface area contributed by atoms with Gasteiger partial charge < -0.3 is 14.4 Å². The Labute approximate surface area is 122 Å². The highest BCUT2D eigenvalue weighted by atomic mass is 32.2. The summed E-state index contributed by atoms with van der Waals surface area (Å²) in [6.45, 7) is 2.62. The molecule has 1 N–H and O–H groups in total. The van der Waals surface area contributed by atoms with Gasteiger partial charge in [0.25, 0.3) is 5.91 Å². The first-order valence-corrected chi connectivity index (χ1v) is 7.95. The molecule has 1 fully saturated rings. The predicted octanol–water partition coefficient (Wildman–Crippen LogP) is 2.26. The molecule has 1 amide bonds. The minimum Gasteiger partial charge on any atom is -0.481 e. The number of carbonyl (C=O) groups is 2. The number of aliphatic carboxylic acids is 1. The molecule has 1 aromatic rings. The number of furan rings is 1. The third kappa shape index (κ3) is 3.36. The first kappa shape index (κ1) is 15.0. The van der Waals surface area contributed by atoms with E-state index in [9.17, 15) is 9.59 Å². The summed E-state index contributed by atoms with van der Waals surface area (Å²) in [5, 5.41) is 8.97. The molecule has 1 atom stereocenters. The van der Waals surface area contributed by atoms with Crippen LogP contribution in [0.4, 0.5) is 0 Å². The van der Waals surface area contributed by atoms with E-state index >= 15 is 0 Å². The lowest BCUT2D eigenvalue weighted by atomic mass is 10.1. The first-order valence-electron chi connectivity index (χ1n) is 6.80. The molecular weight excluding hydrogens is 278 g/mol. The lowest BCUT2D eigenvalue weighted by molar-refractivity contribution is -0.138. The van der Waals surface area contributed by atoms with E-state index in [2.05, 4.69) is 0 Å². The molecule has 1 unspecified atom stereocenters. The smallest absolute Gasteiger partial charge is 0.305 e. The maximum Gasteiger partial charge on any atom is 0.305 e. The van der Waals surface area contributed by atoms with E-state index in [0.717, 1.165) is 18.6 Å². The standard InChI is InChI=1S/C14H19NO4S/c1-2-3-12-11(4-6-19-12)14(18)15-5-7-20-9-10(15)8-13(16)17/h4,6,10H,2-3,5,7-9H2,1H3,(H,16,17). The van der Waals surface area contributed by atoms with Crippen LogP contribution in [0.15, 0.2) is 16.7 Å². The molecule has 20 heavy (non-hydrogen) atoms. The zero-order valence-electron chi connectivity index (χ0n) is 11.5. The van der Waals surface area contributed by atoms with Crippen molar-refractivity contribution in [3.8, 4) is 0 Å². The number of carboxylic acids is 1. The van der Waals surface area contributed by atoms with Crippen molar-refractivity contribution in [2.75, 3.05) is 18.1 Å². The number of carbonyl (C=O) groups excluding carboxylic acids is 1. The molecule has 6 heteroatoms. The third-order valence-corrected chi connectivity index (χ3v) is 4.44. The van der Waals surface area contributed by atoms with Crippen molar-refractivity contribution in [1.82, 2.24) is 4.90 Å². The lowest BCUT2D eigenvalue weighted by Crippen LogP contribution is -2.47. The van der Waals surface area contributed by atoms with Crippen LogP contribution in [-0.4, -0.2) is 46.0 Å². The highest BCUT2D eigenvalue weighted by Gasteiger charge is 2.31. The summed E-state index contributed by atoms with van der Waals surface area (Å²) in [5.74, 6) is 1.26. The van der Waals surface area contributed by atoms with E-state index in [0.29, 0.717) is 23.6 Å². The molecular formula is C14H19NO4S. The van der Waals surface area contributed by atoms with Gasteiger partial charge in [-0.3, -0.25) is 9.59 Å². The summed E-state index contributed by atoms with van der Waals surface area (Å²) in [6.07, 6.45) is 3.16. The Balaban J connectivity index is 2.16. The van der Waals surface area contributed by atoms with Crippen LogP contribution in [0, 0.1) is 0 Å². The summed E-state index contributed by atoms with van der Waals surface area (Å²) in [6, 6.07) is 1.45. The summed E-state index contributed by atoms with van der Waals surface area (Å²) in [7, 11) is 0. The molecule has 1 aromatic heterocycles. The quantitative estimate of drug-likeness (QED) is 0.902. The number of thioether (sulfide) groups is 1. The first-order chi connectivity index (χ1) is 9.63. The summed E-state index contributed by atoms with van der Waals surface area (Å²) in [5.41, 5.74) is 0.578. The van der Waals surface area contributed by atoms with Crippen LogP contribution < -0.4 is 0 Å². The van der Waals surface area contributed by atoms with Crippen molar-refractivity contribution in [2.24, 2.45) is 0 Å². The fourth-order valence-electron chi connectivity index (χ4n) is 2.40. The highest BCUT2D eigenvalue weighted by Crippen LogP contribution is 2.23. The van der Waals surface area contributed by atoms with E-state index in [1.807, 2.05) is 6.92 Å². The van der Waals surface area contributed by atoms with Gasteiger partial charge in [-0.05, 0) is 12.5 Å². The van der Waals surface area contributed by atoms with E-state index in [1.54, 1.807) is 22.7 Å². The third-order valence-electron chi connectivity index (χ3n) is 3.35. The fourth-order valence-corrected chi connectivity index (χ4v) is 3.46. The SMILES string of the molecule is CCCc1occc1C(=O)N1CCSCC1CC(=O)O. The van der Waals surface area contributed by atoms with Crippen LogP contribution in [0.5, 0.6) is 0 Å². The van der Waals surface area contributed by atoms with Gasteiger partial charge in [0.1, 0.15) is 5.76 Å². The fraction of sp³-hybridized carbons (Fsp3) is 0.571. The van der Waals surface area contributed by atoms with Crippen molar-refractivity contribution in [3.05, 3.63) is 23.7 Å². The molecule has 0 spiro atoms. The molecule has 0 saturated carbocycles. The van der Waals surface area contributed by atoms with Crippen molar-refractivity contribution in [3.63, 3.8) is 0 Å². The Morgan fingerprint density at radius 1 is 1.55 bits per heavy atom. The summed E-state index contributed by atoms with van der Waals surface area (Å²) < 4.78 is 5.36. The van der Waals surface area contributed by atoms with Gasteiger partial charge in [0, 0.05) is 24.5 Å². The molecule has 0 aromatic carbocycles. The molecule has 0 aliphatic carbocycles. The van der Waals surface area contributed by atoms with Crippen molar-refractivity contribution in [2.45, 2.75) is 32.2 Å². The van der Waals surface area contributed by atoms with Gasteiger partial charge in [0.15, 0.2) is 0 Å². The molecule has 2 heterocycles. The second-order valence-electron chi connectivity index (χ2n) is 4.83. The van der Waals surface area contributed by atoms with Gasteiger partial charge >= 0.3 is 5.97 Å². The maximum absolute atomic E-state index is 12.6. The van der Waals surface area contributed by atoms with Crippen LogP contribution in [-0.2, 0) is 11.2 Å². The number of rotatable bonds is 5. The Bertz CT molecular complexity index is 485. The van der Waals surface area contributed by atoms with Crippen molar-refractivity contribution in [1.29, 1.82) is 0 Å². The van der Waals surface area contributed by atoms with Gasteiger partial charge in [-0.15, -0.1) is 0 Å². The number of aryl methyl sites for hydroxylation is 1. The zero-order chi connectivity index (χ0) is 14.5. The van der Waals surface area contributed by atoms with Crippen molar-refractivity contribution >= 4 is 23.6 Å². The Morgan fingerprint density at radius 3 is 3.05 bits per heavy atom. The van der Waals surface area contributed by atoms with E-state index < -0.39 is 5.97 Å². The molecule has 2 rings (SSSR count). The van der Waals surface area contributed by atoms with Gasteiger partial charge in [0.2, 0.25) is 0 Å². The molecule has 1 aliphatic rings. The monoisotopic (exact) mass is 297 g/mol. The van der Waals surface area contributed by atoms with Gasteiger partial charge in [-0.2, -0.15) is 11.8 Å². The minimum absolute atomic E-state index is 0.000295. The van der Waals surface area contributed by atoms with Crippen LogP contribution in [0.25, 0.3) is 0 Å². The minimum atomic E-state index is -0.865. The predicted molar refractivity (Wildman–Crippen MR) is 77.1 cm³/mol. The molecule has 1 saturated heterocycles. The molecule has 0 bridgehead atoms. The van der Waals surface area contributed by atoms with Crippen molar-refractivity contribution < 1.29 is 19.1 Å². The number of hydrogen-bond donors (Lipinski definition) is 1. The molecule has 110 valence electrons. The second-order valence-corrected chi connectivity index (χ2v) is 5.98. The van der Waals surface area contributed by atoms with Crippen LogP contribution in [0.3, 0.4) is 0 Å². The summed E-state index contributed by atoms with van der Waals surface area (Å²) >= 11 is 1.70. The summed E-state index contributed by atoms with van der Waals surface area (Å²) in [4.78, 5) is 25.2. The van der Waals surface area contributed by atoms with Crippen LogP contribution >= 0.6 is 11.8 Å². The highest BCUT2D eigenvalue weighted by molar-refractivity contribution is 7.99. The van der Waals surface area contributed by atoms with E-state index in [4.69, 9.17) is 9.52 Å². The average Bonchev–Trinajstić information content (AvgIpc) is 2.86. The second kappa shape index (κ2) is 6.83. The molecule has 5 nitrogen and oxygen atoms in total. The number of nitrogens with zero attached hydrogens (tertiary/aromatic N) is 1. The normalized spacial score (nSPS) is 19.1. The van der Waals surface area contributed by atoms with Crippen LogP contribution in [0.2, 0.25) is 0 Å². The van der Waals surface area contributed by atoms with Crippen LogP contribution in [0.1, 0.15) is 35.9 Å². The number of hydrogen-bond acceptors (Lipinski definition) is 4. The lowest BCUT2D eigenvalue weighted by Gasteiger charge is -2.34. The number of amides is 1. The van der Waals surface area contributed by atoms with E-state index in [-0.39, 0.29) is 18.4 Å². The molecule has 0 radical (unpaired) electrons. The van der Waals surface area contributed by atoms with Gasteiger partial charge in [0.05, 0.1) is 24.3 Å². The van der Waals surface area contributed by atoms with Gasteiger partial charge in [-0.25, -0.2) is 0 Å². The Kier molecular flexibility index (Phi) is 5.11. The topological polar surface area (TPSA) is 70.8 Å². The zero-order valence-corrected chi connectivity index (χ0v) is 12.3.